The molecule has 0 spiro atoms. The molecule has 0 bridgehead atoms. The van der Waals surface area contributed by atoms with Crippen molar-refractivity contribution in [3.63, 3.8) is 0 Å². The Hall–Kier alpha value is -4.55. The van der Waals surface area contributed by atoms with Gasteiger partial charge in [0.25, 0.3) is 0 Å². The van der Waals surface area contributed by atoms with E-state index in [0.29, 0.717) is 34.8 Å². The maximum absolute atomic E-state index is 14.7. The van der Waals surface area contributed by atoms with Crippen molar-refractivity contribution in [2.24, 2.45) is 5.92 Å². The standard InChI is InChI=1S/C36H36O6/c1-35(27-10-18-31(41-4)19-11-27)22-26(24-6-14-29(39-2)15-7-24)23-36(38,28-12-20-32(42-5)21-13-28)34(35)33(37)25-8-16-30(40-3)17-9-25/h6-21,23,34,38H,22H2,1-5H3/t34-,35+,36+/m1/s1. The van der Waals surface area contributed by atoms with Crippen LogP contribution in [0.4, 0.5) is 0 Å². The van der Waals surface area contributed by atoms with Crippen LogP contribution in [-0.4, -0.2) is 39.3 Å². The van der Waals surface area contributed by atoms with Crippen LogP contribution < -0.4 is 18.9 Å². The lowest BCUT2D eigenvalue weighted by Gasteiger charge is -2.49. The van der Waals surface area contributed by atoms with E-state index in [4.69, 9.17) is 18.9 Å². The van der Waals surface area contributed by atoms with Gasteiger partial charge >= 0.3 is 0 Å². The topological polar surface area (TPSA) is 74.2 Å². The maximum atomic E-state index is 14.7. The van der Waals surface area contributed by atoms with E-state index in [2.05, 4.69) is 6.92 Å². The van der Waals surface area contributed by atoms with Crippen molar-refractivity contribution in [1.82, 2.24) is 0 Å². The second kappa shape index (κ2) is 11.7. The number of benzene rings is 4. The molecule has 0 heterocycles. The van der Waals surface area contributed by atoms with Gasteiger partial charge in [-0.05, 0) is 95.4 Å². The third-order valence-electron chi connectivity index (χ3n) is 8.43. The number of aliphatic hydroxyl groups is 1. The highest BCUT2D eigenvalue weighted by molar-refractivity contribution is 6.01. The lowest BCUT2D eigenvalue weighted by atomic mass is 9.54. The number of methoxy groups -OCH3 is 4. The second-order valence-electron chi connectivity index (χ2n) is 10.8. The van der Waals surface area contributed by atoms with Crippen LogP contribution in [0.2, 0.25) is 0 Å². The molecule has 1 aliphatic carbocycles. The summed E-state index contributed by atoms with van der Waals surface area (Å²) in [5.74, 6) is 1.73. The summed E-state index contributed by atoms with van der Waals surface area (Å²) in [5, 5.41) is 12.9. The van der Waals surface area contributed by atoms with Gasteiger partial charge in [0.1, 0.15) is 28.6 Å². The Morgan fingerprint density at radius 1 is 0.643 bits per heavy atom. The van der Waals surface area contributed by atoms with Crippen molar-refractivity contribution in [3.05, 3.63) is 125 Å². The van der Waals surface area contributed by atoms with Gasteiger partial charge in [-0.2, -0.15) is 0 Å². The Kier molecular flexibility index (Phi) is 8.10. The van der Waals surface area contributed by atoms with E-state index >= 15 is 0 Å². The number of hydrogen-bond donors (Lipinski definition) is 1. The van der Waals surface area contributed by atoms with Gasteiger partial charge in [-0.3, -0.25) is 4.79 Å². The molecular formula is C36H36O6. The van der Waals surface area contributed by atoms with Crippen molar-refractivity contribution < 1.29 is 28.8 Å². The van der Waals surface area contributed by atoms with Crippen molar-refractivity contribution >= 4 is 11.4 Å². The third-order valence-corrected chi connectivity index (χ3v) is 8.43. The molecule has 3 atom stereocenters. The zero-order chi connectivity index (χ0) is 29.9. The molecule has 5 rings (SSSR count). The molecule has 0 unspecified atom stereocenters. The van der Waals surface area contributed by atoms with Crippen LogP contribution >= 0.6 is 0 Å². The predicted octanol–water partition coefficient (Wildman–Crippen LogP) is 6.85. The summed E-state index contributed by atoms with van der Waals surface area (Å²) >= 11 is 0. The number of allylic oxidation sites excluding steroid dienone is 1. The van der Waals surface area contributed by atoms with Crippen LogP contribution in [0.25, 0.3) is 5.57 Å². The van der Waals surface area contributed by atoms with Gasteiger partial charge in [0.2, 0.25) is 0 Å². The highest BCUT2D eigenvalue weighted by Gasteiger charge is 2.55. The Morgan fingerprint density at radius 3 is 1.50 bits per heavy atom. The number of rotatable bonds is 9. The van der Waals surface area contributed by atoms with Crippen LogP contribution in [-0.2, 0) is 11.0 Å². The minimum atomic E-state index is -1.66. The smallest absolute Gasteiger partial charge is 0.170 e. The molecule has 0 amide bonds. The lowest BCUT2D eigenvalue weighted by molar-refractivity contribution is -0.00848. The zero-order valence-corrected chi connectivity index (χ0v) is 24.6. The molecular weight excluding hydrogens is 528 g/mol. The van der Waals surface area contributed by atoms with E-state index in [1.807, 2.05) is 78.9 Å². The summed E-state index contributed by atoms with van der Waals surface area (Å²) in [4.78, 5) is 14.7. The molecule has 4 aromatic carbocycles. The van der Waals surface area contributed by atoms with Crippen LogP contribution in [0.15, 0.2) is 103 Å². The first-order chi connectivity index (χ1) is 20.2. The predicted molar refractivity (Wildman–Crippen MR) is 164 cm³/mol. The Morgan fingerprint density at radius 2 is 1.05 bits per heavy atom. The largest absolute Gasteiger partial charge is 0.497 e. The van der Waals surface area contributed by atoms with Gasteiger partial charge in [-0.25, -0.2) is 0 Å². The number of carbonyl (C=O) groups excluding carboxylic acids is 1. The Balaban J connectivity index is 1.76. The van der Waals surface area contributed by atoms with Gasteiger partial charge in [0.05, 0.1) is 34.4 Å². The van der Waals surface area contributed by atoms with E-state index < -0.39 is 16.9 Å². The molecule has 1 N–H and O–H groups in total. The molecule has 6 nitrogen and oxygen atoms in total. The van der Waals surface area contributed by atoms with E-state index in [9.17, 15) is 9.90 Å². The Labute approximate surface area is 247 Å². The summed E-state index contributed by atoms with van der Waals surface area (Å²) in [6.45, 7) is 2.06. The maximum Gasteiger partial charge on any atom is 0.170 e. The molecule has 216 valence electrons. The van der Waals surface area contributed by atoms with Gasteiger partial charge in [0.15, 0.2) is 5.78 Å². The van der Waals surface area contributed by atoms with Gasteiger partial charge in [-0.1, -0.05) is 43.3 Å². The fraction of sp³-hybridized carbons (Fsp3) is 0.250. The molecule has 0 radical (unpaired) electrons. The quantitative estimate of drug-likeness (QED) is 0.224. The SMILES string of the molecule is COc1ccc(C(=O)[C@@H]2[C@](C)(c3ccc(OC)cc3)CC(c3ccc(OC)cc3)=C[C@]2(O)c2ccc(OC)cc2)cc1. The summed E-state index contributed by atoms with van der Waals surface area (Å²) in [5.41, 5.74) is 1.40. The molecule has 6 heteroatoms. The number of ketones is 1. The summed E-state index contributed by atoms with van der Waals surface area (Å²) in [7, 11) is 6.45. The summed E-state index contributed by atoms with van der Waals surface area (Å²) in [6.07, 6.45) is 2.37. The first-order valence-corrected chi connectivity index (χ1v) is 13.8. The Bertz CT molecular complexity index is 1560. The van der Waals surface area contributed by atoms with Crippen LogP contribution in [0.1, 0.15) is 40.4 Å². The van der Waals surface area contributed by atoms with Crippen molar-refractivity contribution in [1.29, 1.82) is 0 Å². The van der Waals surface area contributed by atoms with E-state index in [-0.39, 0.29) is 5.78 Å². The molecule has 4 aromatic rings. The third kappa shape index (κ3) is 5.26. The second-order valence-corrected chi connectivity index (χ2v) is 10.8. The number of hydrogen-bond acceptors (Lipinski definition) is 6. The fourth-order valence-corrected chi connectivity index (χ4v) is 6.13. The molecule has 0 aromatic heterocycles. The van der Waals surface area contributed by atoms with Crippen LogP contribution in [0.5, 0.6) is 23.0 Å². The van der Waals surface area contributed by atoms with Crippen LogP contribution in [0.3, 0.4) is 0 Å². The fourth-order valence-electron chi connectivity index (χ4n) is 6.13. The van der Waals surface area contributed by atoms with Crippen LogP contribution in [0, 0.1) is 5.92 Å². The first kappa shape index (κ1) is 29.0. The molecule has 1 aliphatic rings. The minimum Gasteiger partial charge on any atom is -0.497 e. The van der Waals surface area contributed by atoms with Gasteiger partial charge in [0, 0.05) is 11.0 Å². The molecule has 0 saturated carbocycles. The normalized spacial score (nSPS) is 21.7. The number of Topliss-reactive ketones (excluding diaryl/α,β-unsaturated/α-hetero) is 1. The van der Waals surface area contributed by atoms with E-state index in [1.165, 1.54) is 0 Å². The molecule has 42 heavy (non-hydrogen) atoms. The zero-order valence-electron chi connectivity index (χ0n) is 24.6. The average Bonchev–Trinajstić information content (AvgIpc) is 3.04. The number of ether oxygens (including phenoxy) is 4. The summed E-state index contributed by atoms with van der Waals surface area (Å²) < 4.78 is 21.6. The van der Waals surface area contributed by atoms with E-state index in [1.54, 1.807) is 52.7 Å². The monoisotopic (exact) mass is 564 g/mol. The molecule has 0 aliphatic heterocycles. The highest BCUT2D eigenvalue weighted by atomic mass is 16.5. The number of carbonyl (C=O) groups is 1. The van der Waals surface area contributed by atoms with Gasteiger partial charge in [-0.15, -0.1) is 0 Å². The molecule has 0 saturated heterocycles. The van der Waals surface area contributed by atoms with E-state index in [0.717, 1.165) is 22.4 Å². The van der Waals surface area contributed by atoms with Crippen molar-refractivity contribution in [2.75, 3.05) is 28.4 Å². The average molecular weight is 565 g/mol. The highest BCUT2D eigenvalue weighted by Crippen LogP contribution is 2.55. The summed E-state index contributed by atoms with van der Waals surface area (Å²) in [6, 6.07) is 29.9. The van der Waals surface area contributed by atoms with Crippen molar-refractivity contribution in [3.8, 4) is 23.0 Å². The minimum absolute atomic E-state index is 0.167. The van der Waals surface area contributed by atoms with Gasteiger partial charge < -0.3 is 24.1 Å². The van der Waals surface area contributed by atoms with Crippen molar-refractivity contribution in [2.45, 2.75) is 24.4 Å². The molecule has 0 fully saturated rings. The lowest BCUT2D eigenvalue weighted by Crippen LogP contribution is -2.53. The first-order valence-electron chi connectivity index (χ1n) is 13.8.